The number of carboxylic acids is 1. The van der Waals surface area contributed by atoms with Crippen molar-refractivity contribution >= 4 is 11.5 Å². The van der Waals surface area contributed by atoms with Gasteiger partial charge in [-0.15, -0.1) is 0 Å². The highest BCUT2D eigenvalue weighted by Crippen LogP contribution is 2.32. The molecule has 1 aliphatic carbocycles. The average Bonchev–Trinajstić information content (AvgIpc) is 2.98. The van der Waals surface area contributed by atoms with Crippen molar-refractivity contribution in [2.24, 2.45) is 0 Å². The van der Waals surface area contributed by atoms with Gasteiger partial charge < -0.3 is 14.6 Å². The van der Waals surface area contributed by atoms with Crippen LogP contribution in [-0.2, 0) is 11.2 Å². The Labute approximate surface area is 173 Å². The molecule has 0 fully saturated rings. The van der Waals surface area contributed by atoms with E-state index in [1.165, 1.54) is 36.0 Å². The summed E-state index contributed by atoms with van der Waals surface area (Å²) < 4.78 is 11.4. The average molecular weight is 395 g/mol. The maximum Gasteiger partial charge on any atom is 0.303 e. The van der Waals surface area contributed by atoms with E-state index in [2.05, 4.69) is 12.1 Å². The molecule has 0 unspecified atom stereocenters. The Morgan fingerprint density at radius 1 is 0.931 bits per heavy atom. The first kappa shape index (κ1) is 21.0. The first-order valence-corrected chi connectivity index (χ1v) is 10.4. The Morgan fingerprint density at radius 2 is 1.62 bits per heavy atom. The second-order valence-corrected chi connectivity index (χ2v) is 7.55. The molecule has 0 spiro atoms. The molecule has 0 amide bonds. The lowest BCUT2D eigenvalue weighted by molar-refractivity contribution is -0.137. The van der Waals surface area contributed by atoms with Gasteiger partial charge in [-0.25, -0.2) is 0 Å². The van der Waals surface area contributed by atoms with E-state index in [9.17, 15) is 4.79 Å². The number of allylic oxidation sites excluding steroid dienone is 1. The predicted octanol–water partition coefficient (Wildman–Crippen LogP) is 5.90. The lowest BCUT2D eigenvalue weighted by Gasteiger charge is -2.15. The first-order valence-electron chi connectivity index (χ1n) is 10.4. The van der Waals surface area contributed by atoms with Crippen molar-refractivity contribution in [1.82, 2.24) is 0 Å². The third-order valence-corrected chi connectivity index (χ3v) is 5.46. The minimum absolute atomic E-state index is 0.209. The number of hydrogen-bond donors (Lipinski definition) is 1. The molecule has 4 nitrogen and oxygen atoms in total. The third-order valence-electron chi connectivity index (χ3n) is 5.46. The largest absolute Gasteiger partial charge is 0.497 e. The molecule has 0 heterocycles. The lowest BCUT2D eigenvalue weighted by atomic mass is 9.96. The monoisotopic (exact) mass is 394 g/mol. The smallest absolute Gasteiger partial charge is 0.303 e. The zero-order valence-corrected chi connectivity index (χ0v) is 17.2. The third kappa shape index (κ3) is 6.38. The van der Waals surface area contributed by atoms with Crippen molar-refractivity contribution in [2.45, 2.75) is 51.4 Å². The molecule has 154 valence electrons. The van der Waals surface area contributed by atoms with Crippen molar-refractivity contribution in [3.63, 3.8) is 0 Å². The number of methoxy groups -OCH3 is 1. The Morgan fingerprint density at radius 3 is 2.31 bits per heavy atom. The fraction of sp³-hybridized carbons (Fsp3) is 0.400. The molecule has 29 heavy (non-hydrogen) atoms. The van der Waals surface area contributed by atoms with Crippen LogP contribution in [-0.4, -0.2) is 24.8 Å². The van der Waals surface area contributed by atoms with Gasteiger partial charge in [-0.3, -0.25) is 4.79 Å². The quantitative estimate of drug-likeness (QED) is 0.575. The molecule has 0 saturated carbocycles. The summed E-state index contributed by atoms with van der Waals surface area (Å²) in [4.78, 5) is 10.6. The van der Waals surface area contributed by atoms with Crippen LogP contribution < -0.4 is 9.47 Å². The second kappa shape index (κ2) is 10.7. The van der Waals surface area contributed by atoms with Gasteiger partial charge in [0.05, 0.1) is 7.11 Å². The molecule has 0 aromatic heterocycles. The van der Waals surface area contributed by atoms with E-state index in [-0.39, 0.29) is 6.42 Å². The lowest BCUT2D eigenvalue weighted by Crippen LogP contribution is -2.04. The fourth-order valence-corrected chi connectivity index (χ4v) is 3.81. The van der Waals surface area contributed by atoms with Gasteiger partial charge in [-0.05, 0) is 85.1 Å². The van der Waals surface area contributed by atoms with E-state index >= 15 is 0 Å². The molecule has 0 saturated heterocycles. The summed E-state index contributed by atoms with van der Waals surface area (Å²) in [5.41, 5.74) is 5.21. The van der Waals surface area contributed by atoms with Gasteiger partial charge in [0, 0.05) is 6.42 Å². The van der Waals surface area contributed by atoms with Gasteiger partial charge in [-0.2, -0.15) is 0 Å². The molecular weight excluding hydrogens is 364 g/mol. The van der Waals surface area contributed by atoms with Crippen molar-refractivity contribution in [2.75, 3.05) is 13.7 Å². The number of aliphatic carboxylic acids is 1. The summed E-state index contributed by atoms with van der Waals surface area (Å²) in [6.07, 6.45) is 7.50. The number of carboxylic acid groups (broad SMARTS) is 1. The normalized spacial score (nSPS) is 14.4. The van der Waals surface area contributed by atoms with Crippen LogP contribution in [0.2, 0.25) is 0 Å². The van der Waals surface area contributed by atoms with Crippen molar-refractivity contribution < 1.29 is 19.4 Å². The Hall–Kier alpha value is -2.75. The highest BCUT2D eigenvalue weighted by molar-refractivity contribution is 5.69. The molecule has 0 atom stereocenters. The molecule has 3 rings (SSSR count). The summed E-state index contributed by atoms with van der Waals surface area (Å²) in [6, 6.07) is 16.4. The summed E-state index contributed by atoms with van der Waals surface area (Å²) in [5.74, 6) is 0.997. The summed E-state index contributed by atoms with van der Waals surface area (Å²) in [5, 5.41) is 8.75. The van der Waals surface area contributed by atoms with Gasteiger partial charge >= 0.3 is 5.97 Å². The number of carbonyl (C=O) groups is 1. The van der Waals surface area contributed by atoms with Crippen LogP contribution in [0, 0.1) is 0 Å². The fourth-order valence-electron chi connectivity index (χ4n) is 3.81. The minimum atomic E-state index is -0.741. The van der Waals surface area contributed by atoms with Gasteiger partial charge in [0.15, 0.2) is 0 Å². The van der Waals surface area contributed by atoms with Crippen molar-refractivity contribution in [3.8, 4) is 11.5 Å². The molecular formula is C25H30O4. The summed E-state index contributed by atoms with van der Waals surface area (Å²) in [6.45, 7) is 0.611. The highest BCUT2D eigenvalue weighted by Gasteiger charge is 2.14. The van der Waals surface area contributed by atoms with Crippen LogP contribution in [0.4, 0.5) is 0 Å². The van der Waals surface area contributed by atoms with Crippen LogP contribution in [0.15, 0.2) is 54.1 Å². The van der Waals surface area contributed by atoms with E-state index in [0.717, 1.165) is 36.3 Å². The zero-order chi connectivity index (χ0) is 20.5. The van der Waals surface area contributed by atoms with E-state index in [0.29, 0.717) is 13.0 Å². The number of benzene rings is 2. The predicted molar refractivity (Wildman–Crippen MR) is 116 cm³/mol. The second-order valence-electron chi connectivity index (χ2n) is 7.55. The number of hydrogen-bond acceptors (Lipinski definition) is 3. The van der Waals surface area contributed by atoms with Crippen LogP contribution in [0.1, 0.15) is 56.1 Å². The molecule has 1 aliphatic rings. The molecule has 0 radical (unpaired) electrons. The van der Waals surface area contributed by atoms with Crippen LogP contribution >= 0.6 is 0 Å². The standard InChI is InChI=1S/C25H30O4/c1-28-22-16-12-20(13-17-22)24-8-4-2-3-7-21(24)18-29-23-14-10-19(11-15-23)6-5-9-25(26)27/h10-17H,2-9,18H2,1H3,(H,26,27). The molecule has 4 heteroatoms. The van der Waals surface area contributed by atoms with Crippen LogP contribution in [0.3, 0.4) is 0 Å². The Kier molecular flexibility index (Phi) is 7.74. The summed E-state index contributed by atoms with van der Waals surface area (Å²) in [7, 11) is 1.69. The topological polar surface area (TPSA) is 55.8 Å². The number of ether oxygens (including phenoxy) is 2. The summed E-state index contributed by atoms with van der Waals surface area (Å²) >= 11 is 0. The van der Waals surface area contributed by atoms with Gasteiger partial charge in [0.2, 0.25) is 0 Å². The Balaban J connectivity index is 1.65. The van der Waals surface area contributed by atoms with Gasteiger partial charge in [0.1, 0.15) is 18.1 Å². The Bertz CT molecular complexity index is 819. The molecule has 2 aromatic carbocycles. The van der Waals surface area contributed by atoms with Crippen molar-refractivity contribution in [1.29, 1.82) is 0 Å². The first-order chi connectivity index (χ1) is 14.2. The van der Waals surface area contributed by atoms with E-state index in [4.69, 9.17) is 14.6 Å². The minimum Gasteiger partial charge on any atom is -0.497 e. The van der Waals surface area contributed by atoms with Crippen LogP contribution in [0.5, 0.6) is 11.5 Å². The van der Waals surface area contributed by atoms with Gasteiger partial charge in [-0.1, -0.05) is 30.7 Å². The van der Waals surface area contributed by atoms with E-state index in [1.54, 1.807) is 7.11 Å². The van der Waals surface area contributed by atoms with E-state index in [1.807, 2.05) is 36.4 Å². The molecule has 0 aliphatic heterocycles. The maximum absolute atomic E-state index is 10.6. The molecule has 1 N–H and O–H groups in total. The SMILES string of the molecule is COc1ccc(C2=C(COc3ccc(CCCC(=O)O)cc3)CCCCC2)cc1. The highest BCUT2D eigenvalue weighted by atomic mass is 16.5. The van der Waals surface area contributed by atoms with Crippen molar-refractivity contribution in [3.05, 3.63) is 65.2 Å². The zero-order valence-electron chi connectivity index (χ0n) is 17.2. The molecule has 0 bridgehead atoms. The van der Waals surface area contributed by atoms with Crippen LogP contribution in [0.25, 0.3) is 5.57 Å². The van der Waals surface area contributed by atoms with E-state index < -0.39 is 5.97 Å². The molecule has 2 aromatic rings. The van der Waals surface area contributed by atoms with Gasteiger partial charge in [0.25, 0.3) is 0 Å². The maximum atomic E-state index is 10.6. The number of rotatable bonds is 9. The number of aryl methyl sites for hydroxylation is 1.